The molecule has 1 aliphatic heterocycles. The molecular weight excluding hydrogens is 236 g/mol. The fourth-order valence-electron chi connectivity index (χ4n) is 2.30. The van der Waals surface area contributed by atoms with Crippen molar-refractivity contribution in [2.24, 2.45) is 5.92 Å². The second kappa shape index (κ2) is 5.61. The van der Waals surface area contributed by atoms with Crippen molar-refractivity contribution in [3.05, 3.63) is 29.0 Å². The Morgan fingerprint density at radius 1 is 1.65 bits per heavy atom. The Balaban J connectivity index is 1.99. The zero-order chi connectivity index (χ0) is 12.3. The maximum Gasteiger partial charge on any atom is 0.134 e. The summed E-state index contributed by atoms with van der Waals surface area (Å²) in [5.41, 5.74) is 1.09. The third-order valence-electron chi connectivity index (χ3n) is 3.33. The predicted molar refractivity (Wildman–Crippen MR) is 67.9 cm³/mol. The highest BCUT2D eigenvalue weighted by Crippen LogP contribution is 2.21. The molecule has 1 atom stereocenters. The minimum Gasteiger partial charge on any atom is -0.300 e. The number of carbonyl (C=O) groups excluding carboxylic acids is 1. The third kappa shape index (κ3) is 3.27. The first-order chi connectivity index (χ1) is 8.16. The lowest BCUT2D eigenvalue weighted by molar-refractivity contribution is -0.122. The van der Waals surface area contributed by atoms with Crippen LogP contribution in [0.25, 0.3) is 0 Å². The SMILES string of the molecule is CC(=O)C1CCCN(Cc2ccncc2Cl)C1. The normalized spacial score (nSPS) is 21.4. The number of ketones is 1. The van der Waals surface area contributed by atoms with Crippen molar-refractivity contribution in [2.45, 2.75) is 26.3 Å². The van der Waals surface area contributed by atoms with Gasteiger partial charge < -0.3 is 0 Å². The number of pyridine rings is 1. The van der Waals surface area contributed by atoms with Gasteiger partial charge in [-0.15, -0.1) is 0 Å². The molecule has 2 heterocycles. The van der Waals surface area contributed by atoms with Crippen molar-refractivity contribution in [3.8, 4) is 0 Å². The smallest absolute Gasteiger partial charge is 0.134 e. The molecule has 0 spiro atoms. The van der Waals surface area contributed by atoms with Gasteiger partial charge in [-0.1, -0.05) is 11.6 Å². The number of carbonyl (C=O) groups is 1. The Morgan fingerprint density at radius 2 is 2.47 bits per heavy atom. The number of likely N-dealkylation sites (tertiary alicyclic amines) is 1. The van der Waals surface area contributed by atoms with Crippen molar-refractivity contribution in [2.75, 3.05) is 13.1 Å². The topological polar surface area (TPSA) is 33.2 Å². The van der Waals surface area contributed by atoms with E-state index in [-0.39, 0.29) is 5.92 Å². The second-order valence-electron chi connectivity index (χ2n) is 4.65. The Labute approximate surface area is 107 Å². The van der Waals surface area contributed by atoms with Gasteiger partial charge >= 0.3 is 0 Å². The molecule has 0 amide bonds. The number of aromatic nitrogens is 1. The minimum atomic E-state index is 0.198. The summed E-state index contributed by atoms with van der Waals surface area (Å²) in [5, 5.41) is 0.706. The summed E-state index contributed by atoms with van der Waals surface area (Å²) in [6.07, 6.45) is 5.54. The summed E-state index contributed by atoms with van der Waals surface area (Å²) in [6.45, 7) is 4.40. The van der Waals surface area contributed by atoms with Gasteiger partial charge in [-0.05, 0) is 37.9 Å². The van der Waals surface area contributed by atoms with Crippen molar-refractivity contribution >= 4 is 17.4 Å². The average molecular weight is 253 g/mol. The van der Waals surface area contributed by atoms with Crippen LogP contribution in [-0.2, 0) is 11.3 Å². The zero-order valence-electron chi connectivity index (χ0n) is 10.0. The lowest BCUT2D eigenvalue weighted by Gasteiger charge is -2.31. The quantitative estimate of drug-likeness (QED) is 0.829. The molecule has 0 aliphatic carbocycles. The molecule has 1 aliphatic rings. The Hall–Kier alpha value is -0.930. The van der Waals surface area contributed by atoms with Crippen molar-refractivity contribution in [3.63, 3.8) is 0 Å². The number of halogens is 1. The number of piperidine rings is 1. The average Bonchev–Trinajstić information content (AvgIpc) is 2.32. The van der Waals surface area contributed by atoms with E-state index in [1.807, 2.05) is 6.07 Å². The molecule has 0 aromatic carbocycles. The number of nitrogens with zero attached hydrogens (tertiary/aromatic N) is 2. The number of hydrogen-bond donors (Lipinski definition) is 0. The van der Waals surface area contributed by atoms with Crippen LogP contribution >= 0.6 is 11.6 Å². The van der Waals surface area contributed by atoms with E-state index in [2.05, 4.69) is 9.88 Å². The van der Waals surface area contributed by atoms with Crippen LogP contribution in [0.2, 0.25) is 5.02 Å². The predicted octanol–water partition coefficient (Wildman–Crippen LogP) is 2.54. The van der Waals surface area contributed by atoms with Gasteiger partial charge in [0.15, 0.2) is 0 Å². The highest BCUT2D eigenvalue weighted by molar-refractivity contribution is 6.31. The summed E-state index contributed by atoms with van der Waals surface area (Å²) in [5.74, 6) is 0.500. The van der Waals surface area contributed by atoms with E-state index < -0.39 is 0 Å². The second-order valence-corrected chi connectivity index (χ2v) is 5.06. The maximum atomic E-state index is 11.4. The first-order valence-electron chi connectivity index (χ1n) is 5.98. The van der Waals surface area contributed by atoms with Crippen LogP contribution in [-0.4, -0.2) is 28.8 Å². The lowest BCUT2D eigenvalue weighted by atomic mass is 9.94. The van der Waals surface area contributed by atoms with E-state index in [9.17, 15) is 4.79 Å². The van der Waals surface area contributed by atoms with E-state index >= 15 is 0 Å². The fraction of sp³-hybridized carbons (Fsp3) is 0.538. The summed E-state index contributed by atoms with van der Waals surface area (Å²) < 4.78 is 0. The largest absolute Gasteiger partial charge is 0.300 e. The van der Waals surface area contributed by atoms with E-state index in [0.717, 1.165) is 38.0 Å². The van der Waals surface area contributed by atoms with Crippen LogP contribution < -0.4 is 0 Å². The molecule has 1 unspecified atom stereocenters. The summed E-state index contributed by atoms with van der Waals surface area (Å²) in [6, 6.07) is 1.94. The van der Waals surface area contributed by atoms with E-state index in [1.165, 1.54) is 0 Å². The molecule has 0 radical (unpaired) electrons. The fourth-order valence-corrected chi connectivity index (χ4v) is 2.48. The molecule has 0 bridgehead atoms. The number of hydrogen-bond acceptors (Lipinski definition) is 3. The molecule has 2 rings (SSSR count). The zero-order valence-corrected chi connectivity index (χ0v) is 10.8. The summed E-state index contributed by atoms with van der Waals surface area (Å²) in [7, 11) is 0. The van der Waals surface area contributed by atoms with Crippen LogP contribution in [0.3, 0.4) is 0 Å². The Morgan fingerprint density at radius 3 is 3.18 bits per heavy atom. The van der Waals surface area contributed by atoms with Gasteiger partial charge in [-0.3, -0.25) is 14.7 Å². The molecule has 17 heavy (non-hydrogen) atoms. The minimum absolute atomic E-state index is 0.198. The number of rotatable bonds is 3. The Kier molecular flexibility index (Phi) is 4.13. The first-order valence-corrected chi connectivity index (χ1v) is 6.36. The van der Waals surface area contributed by atoms with Crippen molar-refractivity contribution < 1.29 is 4.79 Å². The van der Waals surface area contributed by atoms with Gasteiger partial charge in [0.2, 0.25) is 0 Å². The van der Waals surface area contributed by atoms with Gasteiger partial charge in [0, 0.05) is 31.4 Å². The van der Waals surface area contributed by atoms with Crippen LogP contribution in [0.15, 0.2) is 18.5 Å². The third-order valence-corrected chi connectivity index (χ3v) is 3.67. The standard InChI is InChI=1S/C13H17ClN2O/c1-10(17)11-3-2-6-16(8-11)9-12-4-5-15-7-13(12)14/h4-5,7,11H,2-3,6,8-9H2,1H3. The van der Waals surface area contributed by atoms with Crippen LogP contribution in [0.5, 0.6) is 0 Å². The molecule has 0 N–H and O–H groups in total. The molecular formula is C13H17ClN2O. The van der Waals surface area contributed by atoms with Gasteiger partial charge in [0.05, 0.1) is 5.02 Å². The molecule has 0 saturated carbocycles. The molecule has 1 aromatic rings. The Bertz CT molecular complexity index is 408. The van der Waals surface area contributed by atoms with Crippen molar-refractivity contribution in [1.29, 1.82) is 0 Å². The van der Waals surface area contributed by atoms with Gasteiger partial charge in [0.25, 0.3) is 0 Å². The van der Waals surface area contributed by atoms with Gasteiger partial charge in [-0.2, -0.15) is 0 Å². The van der Waals surface area contributed by atoms with Crippen LogP contribution in [0.1, 0.15) is 25.3 Å². The molecule has 92 valence electrons. The summed E-state index contributed by atoms with van der Waals surface area (Å²) >= 11 is 6.09. The highest BCUT2D eigenvalue weighted by Gasteiger charge is 2.23. The molecule has 4 heteroatoms. The van der Waals surface area contributed by atoms with Gasteiger partial charge in [0.1, 0.15) is 5.78 Å². The van der Waals surface area contributed by atoms with Gasteiger partial charge in [-0.25, -0.2) is 0 Å². The monoisotopic (exact) mass is 252 g/mol. The molecule has 3 nitrogen and oxygen atoms in total. The lowest BCUT2D eigenvalue weighted by Crippen LogP contribution is -2.37. The van der Waals surface area contributed by atoms with E-state index in [0.29, 0.717) is 10.8 Å². The molecule has 1 aromatic heterocycles. The van der Waals surface area contributed by atoms with Crippen LogP contribution in [0, 0.1) is 5.92 Å². The molecule has 1 saturated heterocycles. The first kappa shape index (κ1) is 12.5. The van der Waals surface area contributed by atoms with Crippen molar-refractivity contribution in [1.82, 2.24) is 9.88 Å². The maximum absolute atomic E-state index is 11.4. The van der Waals surface area contributed by atoms with E-state index in [1.54, 1.807) is 19.3 Å². The molecule has 1 fully saturated rings. The van der Waals surface area contributed by atoms with E-state index in [4.69, 9.17) is 11.6 Å². The van der Waals surface area contributed by atoms with Crippen LogP contribution in [0.4, 0.5) is 0 Å². The highest BCUT2D eigenvalue weighted by atomic mass is 35.5. The summed E-state index contributed by atoms with van der Waals surface area (Å²) in [4.78, 5) is 17.7. The number of Topliss-reactive ketones (excluding diaryl/α,β-unsaturated/α-hetero) is 1.